The van der Waals surface area contributed by atoms with Crippen LogP contribution in [0.2, 0.25) is 0 Å². The highest BCUT2D eigenvalue weighted by atomic mass is 32.1. The van der Waals surface area contributed by atoms with Gasteiger partial charge >= 0.3 is 11.9 Å². The molecular weight excluding hydrogens is 484 g/mol. The van der Waals surface area contributed by atoms with Crippen LogP contribution in [0.15, 0.2) is 54.6 Å². The van der Waals surface area contributed by atoms with E-state index in [-0.39, 0.29) is 12.5 Å². The van der Waals surface area contributed by atoms with Crippen LogP contribution >= 0.6 is 11.3 Å². The van der Waals surface area contributed by atoms with Crippen LogP contribution in [0.1, 0.15) is 59.1 Å². The van der Waals surface area contributed by atoms with Gasteiger partial charge in [-0.05, 0) is 55.7 Å². The highest BCUT2D eigenvalue weighted by Gasteiger charge is 2.52. The topological polar surface area (TPSA) is 66.8 Å². The van der Waals surface area contributed by atoms with Crippen molar-refractivity contribution in [2.75, 3.05) is 13.7 Å². The van der Waals surface area contributed by atoms with Gasteiger partial charge in [-0.1, -0.05) is 55.8 Å². The molecule has 3 rings (SSSR count). The van der Waals surface area contributed by atoms with Gasteiger partial charge in [0.2, 0.25) is 0 Å². The predicted molar refractivity (Wildman–Crippen MR) is 137 cm³/mol. The van der Waals surface area contributed by atoms with E-state index < -0.39 is 36.4 Å². The molecule has 36 heavy (non-hydrogen) atoms. The number of carbonyl (C=O) groups excluding carboxylic acids is 2. The summed E-state index contributed by atoms with van der Waals surface area (Å²) in [4.78, 5) is 26.5. The lowest BCUT2D eigenvalue weighted by atomic mass is 9.95. The van der Waals surface area contributed by atoms with Gasteiger partial charge in [-0.15, -0.1) is 11.3 Å². The number of hydrogen-bond donors (Lipinski definition) is 1. The van der Waals surface area contributed by atoms with Gasteiger partial charge in [-0.3, -0.25) is 4.79 Å². The first kappa shape index (κ1) is 28.0. The normalized spacial score (nSPS) is 19.1. The number of methoxy groups -OCH3 is 1. The first-order valence-corrected chi connectivity index (χ1v) is 13.3. The molecule has 3 atom stereocenters. The molecule has 1 aromatic heterocycles. The van der Waals surface area contributed by atoms with Gasteiger partial charge in [-0.25, -0.2) is 4.79 Å². The monoisotopic (exact) mass is 519 g/mol. The van der Waals surface area contributed by atoms with Gasteiger partial charge in [0.25, 0.3) is 5.91 Å². The van der Waals surface area contributed by atoms with E-state index in [0.717, 1.165) is 30.6 Å². The van der Waals surface area contributed by atoms with Crippen molar-refractivity contribution in [2.45, 2.75) is 69.9 Å². The predicted octanol–water partition coefficient (Wildman–Crippen LogP) is 5.67. The number of unbranched alkanes of at least 4 members (excludes halogenated alkanes) is 1. The van der Waals surface area contributed by atoms with Crippen LogP contribution in [0.25, 0.3) is 0 Å². The maximum absolute atomic E-state index is 14.2. The number of alkyl halides is 2. The second kappa shape index (κ2) is 13.1. The highest BCUT2D eigenvalue weighted by molar-refractivity contribution is 7.13. The number of benzene rings is 1. The van der Waals surface area contributed by atoms with E-state index in [2.05, 4.69) is 12.1 Å². The third-order valence-electron chi connectivity index (χ3n) is 6.64. The Kier molecular flexibility index (Phi) is 10.2. The first-order valence-electron chi connectivity index (χ1n) is 12.5. The quantitative estimate of drug-likeness (QED) is 0.210. The van der Waals surface area contributed by atoms with Crippen molar-refractivity contribution in [2.24, 2.45) is 5.92 Å². The van der Waals surface area contributed by atoms with Crippen LogP contribution in [0.5, 0.6) is 0 Å². The number of aliphatic hydroxyl groups is 1. The van der Waals surface area contributed by atoms with Crippen LogP contribution < -0.4 is 0 Å². The fourth-order valence-corrected chi connectivity index (χ4v) is 5.42. The number of esters is 1. The Labute approximate surface area is 215 Å². The van der Waals surface area contributed by atoms with Crippen molar-refractivity contribution in [3.63, 3.8) is 0 Å². The standard InChI is InChI=1S/C28H35F2NO4S/c1-20(9-6-7-12-21-10-4-3-5-11-21)24(32)16-14-22-19-28(29,30)27(34)31(22)18-8-13-23-15-17-25(36-23)26(33)35-2/h3-5,10-11,14-17,20,22,24,32H,6-9,12-13,18-19H2,1-2H3/t20-,22?,24-/m0/s1. The minimum Gasteiger partial charge on any atom is -0.465 e. The summed E-state index contributed by atoms with van der Waals surface area (Å²) in [5, 5.41) is 10.6. The summed E-state index contributed by atoms with van der Waals surface area (Å²) in [6, 6.07) is 13.0. The number of aliphatic hydroxyl groups excluding tert-OH is 1. The molecule has 0 aliphatic carbocycles. The molecular formula is C28H35F2NO4S. The summed E-state index contributed by atoms with van der Waals surface area (Å²) >= 11 is 1.30. The minimum atomic E-state index is -3.40. The zero-order valence-electron chi connectivity index (χ0n) is 20.9. The molecule has 1 aliphatic rings. The fourth-order valence-electron chi connectivity index (χ4n) is 4.45. The molecule has 196 valence electrons. The van der Waals surface area contributed by atoms with Crippen LogP contribution in [0.4, 0.5) is 8.78 Å². The van der Waals surface area contributed by atoms with Crippen LogP contribution in [-0.2, 0) is 22.4 Å². The molecule has 5 nitrogen and oxygen atoms in total. The van der Waals surface area contributed by atoms with Gasteiger partial charge < -0.3 is 14.7 Å². The van der Waals surface area contributed by atoms with Crippen molar-refractivity contribution in [3.05, 3.63) is 69.9 Å². The molecule has 2 aromatic rings. The molecule has 1 aliphatic heterocycles. The lowest BCUT2D eigenvalue weighted by molar-refractivity contribution is -0.148. The number of amides is 1. The van der Waals surface area contributed by atoms with E-state index in [1.807, 2.05) is 31.2 Å². The van der Waals surface area contributed by atoms with Crippen molar-refractivity contribution < 1.29 is 28.2 Å². The zero-order valence-corrected chi connectivity index (χ0v) is 21.7. The van der Waals surface area contributed by atoms with E-state index in [4.69, 9.17) is 4.74 Å². The summed E-state index contributed by atoms with van der Waals surface area (Å²) < 4.78 is 33.1. The number of rotatable bonds is 13. The van der Waals surface area contributed by atoms with E-state index in [0.29, 0.717) is 17.7 Å². The first-order chi connectivity index (χ1) is 17.2. The maximum atomic E-state index is 14.2. The number of hydrogen-bond acceptors (Lipinski definition) is 5. The van der Waals surface area contributed by atoms with Crippen LogP contribution in [0.3, 0.4) is 0 Å². The molecule has 1 N–H and O–H groups in total. The number of aryl methyl sites for hydroxylation is 2. The van der Waals surface area contributed by atoms with Crippen molar-refractivity contribution in [3.8, 4) is 0 Å². The Balaban J connectivity index is 1.48. The molecule has 1 saturated heterocycles. The SMILES string of the molecule is COC(=O)c1ccc(CCCN2C(=O)C(F)(F)CC2C=C[C@H](O)[C@@H](C)CCCCc2ccccc2)s1. The molecule has 1 aromatic carbocycles. The average molecular weight is 520 g/mol. The van der Waals surface area contributed by atoms with E-state index >= 15 is 0 Å². The molecule has 0 radical (unpaired) electrons. The van der Waals surface area contributed by atoms with Gasteiger partial charge in [0.05, 0.1) is 19.3 Å². The summed E-state index contributed by atoms with van der Waals surface area (Å²) in [5.74, 6) is -4.98. The summed E-state index contributed by atoms with van der Waals surface area (Å²) in [6.07, 6.45) is 6.66. The molecule has 1 fully saturated rings. The zero-order chi connectivity index (χ0) is 26.1. The van der Waals surface area contributed by atoms with Crippen molar-refractivity contribution in [1.29, 1.82) is 0 Å². The van der Waals surface area contributed by atoms with Crippen molar-refractivity contribution in [1.82, 2.24) is 4.90 Å². The lowest BCUT2D eigenvalue weighted by Gasteiger charge is -2.22. The second-order valence-corrected chi connectivity index (χ2v) is 10.6. The number of halogens is 2. The Bertz CT molecular complexity index is 1020. The van der Waals surface area contributed by atoms with E-state index in [1.54, 1.807) is 18.2 Å². The molecule has 0 bridgehead atoms. The molecule has 2 heterocycles. The van der Waals surface area contributed by atoms with Crippen LogP contribution in [0, 0.1) is 5.92 Å². The molecule has 1 amide bonds. The smallest absolute Gasteiger partial charge is 0.348 e. The van der Waals surface area contributed by atoms with Gasteiger partial charge in [0.1, 0.15) is 4.88 Å². The lowest BCUT2D eigenvalue weighted by Crippen LogP contribution is -2.36. The highest BCUT2D eigenvalue weighted by Crippen LogP contribution is 2.34. The summed E-state index contributed by atoms with van der Waals surface area (Å²) in [6.45, 7) is 2.13. The Hall–Kier alpha value is -2.58. The number of nitrogens with zero attached hydrogens (tertiary/aromatic N) is 1. The fraction of sp³-hybridized carbons (Fsp3) is 0.500. The number of carbonyl (C=O) groups is 2. The van der Waals surface area contributed by atoms with E-state index in [9.17, 15) is 23.5 Å². The summed E-state index contributed by atoms with van der Waals surface area (Å²) in [7, 11) is 1.32. The Morgan fingerprint density at radius 3 is 2.67 bits per heavy atom. The summed E-state index contributed by atoms with van der Waals surface area (Å²) in [5.41, 5.74) is 1.29. The Morgan fingerprint density at radius 1 is 1.19 bits per heavy atom. The van der Waals surface area contributed by atoms with Gasteiger partial charge in [0.15, 0.2) is 0 Å². The van der Waals surface area contributed by atoms with Gasteiger partial charge in [-0.2, -0.15) is 8.78 Å². The van der Waals surface area contributed by atoms with E-state index in [1.165, 1.54) is 28.9 Å². The largest absolute Gasteiger partial charge is 0.465 e. The van der Waals surface area contributed by atoms with Crippen molar-refractivity contribution >= 4 is 23.2 Å². The average Bonchev–Trinajstić information content (AvgIpc) is 3.43. The maximum Gasteiger partial charge on any atom is 0.348 e. The molecule has 0 saturated carbocycles. The third kappa shape index (κ3) is 7.71. The number of thiophene rings is 1. The molecule has 1 unspecified atom stereocenters. The number of likely N-dealkylation sites (tertiary alicyclic amines) is 1. The minimum absolute atomic E-state index is 0.00840. The molecule has 8 heteroatoms. The van der Waals surface area contributed by atoms with Gasteiger partial charge in [0, 0.05) is 17.8 Å². The van der Waals surface area contributed by atoms with Crippen LogP contribution in [-0.4, -0.2) is 53.6 Å². The number of ether oxygens (including phenoxy) is 1. The Morgan fingerprint density at radius 2 is 1.94 bits per heavy atom. The third-order valence-corrected chi connectivity index (χ3v) is 7.77. The second-order valence-electron chi connectivity index (χ2n) is 9.42. The molecule has 0 spiro atoms.